The summed E-state index contributed by atoms with van der Waals surface area (Å²) in [4.78, 5) is 19.3. The Morgan fingerprint density at radius 1 is 1.30 bits per heavy atom. The predicted octanol–water partition coefficient (Wildman–Crippen LogP) is 3.60. The van der Waals surface area contributed by atoms with E-state index in [0.717, 1.165) is 51.6 Å². The van der Waals surface area contributed by atoms with Gasteiger partial charge in [0.25, 0.3) is 0 Å². The van der Waals surface area contributed by atoms with Crippen LogP contribution in [-0.2, 0) is 4.79 Å². The minimum absolute atomic E-state index is 0. The molecule has 2 unspecified atom stereocenters. The number of piperidine rings is 1. The van der Waals surface area contributed by atoms with Crippen LogP contribution in [0.5, 0.6) is 0 Å². The zero-order chi connectivity index (χ0) is 14.9. The Balaban J connectivity index is 0.00000132. The van der Waals surface area contributed by atoms with Crippen molar-refractivity contribution in [3.05, 3.63) is 16.6 Å². The summed E-state index contributed by atoms with van der Waals surface area (Å²) in [5.41, 5.74) is 6.06. The Morgan fingerprint density at radius 3 is 2.57 bits per heavy atom. The Hall–Kier alpha value is -0.360. The lowest BCUT2D eigenvalue weighted by Crippen LogP contribution is -2.54. The molecule has 1 aliphatic heterocycles. The van der Waals surface area contributed by atoms with Crippen molar-refractivity contribution < 1.29 is 4.79 Å². The maximum Gasteiger partial charge on any atom is 0.227 e. The van der Waals surface area contributed by atoms with Crippen LogP contribution in [0.4, 0.5) is 0 Å². The van der Waals surface area contributed by atoms with Crippen LogP contribution in [0.1, 0.15) is 56.4 Å². The second-order valence-electron chi connectivity index (χ2n) is 6.77. The fourth-order valence-electron chi connectivity index (χ4n) is 3.77. The number of hydrogen-bond donors (Lipinski definition) is 1. The largest absolute Gasteiger partial charge is 0.342 e. The first kappa shape index (κ1) is 20.7. The molecule has 2 aliphatic rings. The Morgan fingerprint density at radius 2 is 2.00 bits per heavy atom. The molecule has 1 saturated carbocycles. The smallest absolute Gasteiger partial charge is 0.227 e. The SMILES string of the molecule is CC1(N)CCCCC1C(=O)N1CCC(c2nccs2)CC1.Cl.Cl. The number of carbonyl (C=O) groups excluding carboxylic acids is 1. The lowest BCUT2D eigenvalue weighted by molar-refractivity contribution is -0.140. The van der Waals surface area contributed by atoms with E-state index < -0.39 is 0 Å². The molecule has 0 radical (unpaired) electrons. The summed E-state index contributed by atoms with van der Waals surface area (Å²) in [5, 5.41) is 3.26. The highest BCUT2D eigenvalue weighted by molar-refractivity contribution is 7.09. The van der Waals surface area contributed by atoms with Crippen LogP contribution in [-0.4, -0.2) is 34.4 Å². The highest BCUT2D eigenvalue weighted by Gasteiger charge is 2.40. The standard InChI is InChI=1S/C16H25N3OS.2ClH/c1-16(17)7-3-2-4-13(16)15(20)19-9-5-12(6-10-19)14-18-8-11-21-14;;/h8,11-13H,2-7,9-10,17H2,1H3;2*1H. The number of nitrogens with zero attached hydrogens (tertiary/aromatic N) is 2. The van der Waals surface area contributed by atoms with Crippen LogP contribution in [0.3, 0.4) is 0 Å². The van der Waals surface area contributed by atoms with Gasteiger partial charge in [0.15, 0.2) is 0 Å². The van der Waals surface area contributed by atoms with Crippen molar-refractivity contribution >= 4 is 42.1 Å². The van der Waals surface area contributed by atoms with E-state index in [4.69, 9.17) is 5.73 Å². The van der Waals surface area contributed by atoms with Crippen LogP contribution < -0.4 is 5.73 Å². The molecular weight excluding hydrogens is 353 g/mol. The van der Waals surface area contributed by atoms with Gasteiger partial charge in [0, 0.05) is 36.1 Å². The summed E-state index contributed by atoms with van der Waals surface area (Å²) < 4.78 is 0. The number of hydrogen-bond acceptors (Lipinski definition) is 4. The van der Waals surface area contributed by atoms with E-state index in [2.05, 4.69) is 11.9 Å². The maximum atomic E-state index is 12.8. The molecule has 0 bridgehead atoms. The molecule has 2 N–H and O–H groups in total. The van der Waals surface area contributed by atoms with Gasteiger partial charge in [-0.05, 0) is 32.6 Å². The number of likely N-dealkylation sites (tertiary alicyclic amines) is 1. The third-order valence-electron chi connectivity index (χ3n) is 5.16. The lowest BCUT2D eigenvalue weighted by Gasteiger charge is -2.41. The van der Waals surface area contributed by atoms with Crippen molar-refractivity contribution in [1.82, 2.24) is 9.88 Å². The number of rotatable bonds is 2. The van der Waals surface area contributed by atoms with Crippen LogP contribution in [0.2, 0.25) is 0 Å². The maximum absolute atomic E-state index is 12.8. The third-order valence-corrected chi connectivity index (χ3v) is 6.10. The van der Waals surface area contributed by atoms with E-state index in [1.165, 1.54) is 5.01 Å². The van der Waals surface area contributed by atoms with Crippen LogP contribution in [0, 0.1) is 5.92 Å². The average molecular weight is 380 g/mol. The molecule has 132 valence electrons. The second-order valence-corrected chi connectivity index (χ2v) is 7.70. The number of carbonyl (C=O) groups is 1. The van der Waals surface area contributed by atoms with E-state index in [9.17, 15) is 4.79 Å². The van der Waals surface area contributed by atoms with Gasteiger partial charge >= 0.3 is 0 Å². The normalized spacial score (nSPS) is 28.6. The molecule has 2 heterocycles. The molecule has 23 heavy (non-hydrogen) atoms. The van der Waals surface area contributed by atoms with Crippen LogP contribution in [0.15, 0.2) is 11.6 Å². The van der Waals surface area contributed by atoms with Gasteiger partial charge in [-0.2, -0.15) is 0 Å². The molecule has 7 heteroatoms. The molecule has 1 aliphatic carbocycles. The number of aromatic nitrogens is 1. The van der Waals surface area contributed by atoms with Crippen molar-refractivity contribution in [2.24, 2.45) is 11.7 Å². The zero-order valence-corrected chi connectivity index (χ0v) is 16.0. The first-order valence-corrected chi connectivity index (χ1v) is 8.93. The Bertz CT molecular complexity index is 488. The van der Waals surface area contributed by atoms with E-state index in [1.54, 1.807) is 11.3 Å². The molecule has 1 amide bonds. The monoisotopic (exact) mass is 379 g/mol. The van der Waals surface area contributed by atoms with Crippen molar-refractivity contribution in [1.29, 1.82) is 0 Å². The topological polar surface area (TPSA) is 59.2 Å². The van der Waals surface area contributed by atoms with Crippen molar-refractivity contribution in [2.45, 2.75) is 56.9 Å². The number of amides is 1. The van der Waals surface area contributed by atoms with Crippen LogP contribution >= 0.6 is 36.2 Å². The van der Waals surface area contributed by atoms with Gasteiger partial charge in [0.1, 0.15) is 0 Å². The van der Waals surface area contributed by atoms with Gasteiger partial charge in [-0.1, -0.05) is 12.8 Å². The Labute approximate surface area is 155 Å². The summed E-state index contributed by atoms with van der Waals surface area (Å²) in [7, 11) is 0. The molecule has 0 spiro atoms. The van der Waals surface area contributed by atoms with E-state index in [1.807, 2.05) is 16.5 Å². The molecule has 1 aromatic rings. The summed E-state index contributed by atoms with van der Waals surface area (Å²) in [6.45, 7) is 3.77. The molecule has 4 nitrogen and oxygen atoms in total. The third kappa shape index (κ3) is 4.59. The van der Waals surface area contributed by atoms with Gasteiger partial charge in [-0.25, -0.2) is 4.98 Å². The van der Waals surface area contributed by atoms with Gasteiger partial charge in [0.2, 0.25) is 5.91 Å². The summed E-state index contributed by atoms with van der Waals surface area (Å²) in [6.07, 6.45) is 8.17. The summed E-state index contributed by atoms with van der Waals surface area (Å²) in [5.74, 6) is 0.838. The van der Waals surface area contributed by atoms with Crippen molar-refractivity contribution in [3.63, 3.8) is 0 Å². The molecule has 1 saturated heterocycles. The highest BCUT2D eigenvalue weighted by Crippen LogP contribution is 2.35. The average Bonchev–Trinajstić information content (AvgIpc) is 3.00. The first-order valence-electron chi connectivity index (χ1n) is 8.05. The van der Waals surface area contributed by atoms with E-state index in [0.29, 0.717) is 5.92 Å². The number of halogens is 2. The second kappa shape index (κ2) is 8.65. The van der Waals surface area contributed by atoms with Crippen molar-refractivity contribution in [2.75, 3.05) is 13.1 Å². The molecular formula is C16H27Cl2N3OS. The van der Waals surface area contributed by atoms with Gasteiger partial charge < -0.3 is 10.6 Å². The molecule has 1 aromatic heterocycles. The predicted molar refractivity (Wildman–Crippen MR) is 99.7 cm³/mol. The summed E-state index contributed by atoms with van der Waals surface area (Å²) >= 11 is 1.73. The number of thiazole rings is 1. The van der Waals surface area contributed by atoms with E-state index in [-0.39, 0.29) is 42.2 Å². The molecule has 2 atom stereocenters. The number of nitrogens with two attached hydrogens (primary N) is 1. The quantitative estimate of drug-likeness (QED) is 0.853. The summed E-state index contributed by atoms with van der Waals surface area (Å²) in [6, 6.07) is 0. The fourth-order valence-corrected chi connectivity index (χ4v) is 4.58. The molecule has 0 aromatic carbocycles. The Kier molecular flexibility index (Phi) is 7.78. The fraction of sp³-hybridized carbons (Fsp3) is 0.750. The van der Waals surface area contributed by atoms with E-state index >= 15 is 0 Å². The minimum atomic E-state index is -0.318. The van der Waals surface area contributed by atoms with Gasteiger partial charge in [-0.15, -0.1) is 36.2 Å². The first-order chi connectivity index (χ1) is 10.1. The zero-order valence-electron chi connectivity index (χ0n) is 13.6. The van der Waals surface area contributed by atoms with Gasteiger partial charge in [-0.3, -0.25) is 4.79 Å². The van der Waals surface area contributed by atoms with Crippen molar-refractivity contribution in [3.8, 4) is 0 Å². The highest BCUT2D eigenvalue weighted by atomic mass is 35.5. The molecule has 3 rings (SSSR count). The minimum Gasteiger partial charge on any atom is -0.342 e. The lowest BCUT2D eigenvalue weighted by atomic mass is 9.73. The molecule has 2 fully saturated rings. The van der Waals surface area contributed by atoms with Crippen LogP contribution in [0.25, 0.3) is 0 Å². The van der Waals surface area contributed by atoms with Gasteiger partial charge in [0.05, 0.1) is 10.9 Å².